The second kappa shape index (κ2) is 7.22. The van der Waals surface area contributed by atoms with E-state index in [1.165, 1.54) is 5.69 Å². The third kappa shape index (κ3) is 3.30. The van der Waals surface area contributed by atoms with Gasteiger partial charge in [-0.05, 0) is 43.2 Å². The summed E-state index contributed by atoms with van der Waals surface area (Å²) < 4.78 is 5.43. The Labute approximate surface area is 153 Å². The zero-order chi connectivity index (χ0) is 17.9. The molecule has 1 saturated heterocycles. The lowest BCUT2D eigenvalue weighted by molar-refractivity contribution is 0.0819. The van der Waals surface area contributed by atoms with Gasteiger partial charge in [0.2, 0.25) is 0 Å². The molecule has 0 unspecified atom stereocenters. The summed E-state index contributed by atoms with van der Waals surface area (Å²) in [7, 11) is 1.78. The van der Waals surface area contributed by atoms with Crippen LogP contribution in [0.2, 0.25) is 0 Å². The number of amides is 1. The Kier molecular flexibility index (Phi) is 4.63. The summed E-state index contributed by atoms with van der Waals surface area (Å²) >= 11 is 0. The highest BCUT2D eigenvalue weighted by molar-refractivity contribution is 6.12. The topological polar surface area (TPSA) is 57.4 Å². The molecule has 1 amide bonds. The Hall–Kier alpha value is -2.79. The molecule has 0 saturated carbocycles. The zero-order valence-electron chi connectivity index (χ0n) is 14.9. The number of aromatic nitrogens is 1. The van der Waals surface area contributed by atoms with Crippen LogP contribution in [0.4, 0.5) is 11.4 Å². The average molecular weight is 349 g/mol. The molecule has 1 aromatic heterocycles. The summed E-state index contributed by atoms with van der Waals surface area (Å²) in [6, 6.07) is 15.9. The van der Waals surface area contributed by atoms with Gasteiger partial charge in [-0.2, -0.15) is 0 Å². The summed E-state index contributed by atoms with van der Waals surface area (Å²) in [6.45, 7) is 2.00. The average Bonchev–Trinajstić information content (AvgIpc) is 3.13. The van der Waals surface area contributed by atoms with Crippen LogP contribution in [0, 0.1) is 0 Å². The largest absolute Gasteiger partial charge is 0.381 e. The first-order valence-corrected chi connectivity index (χ1v) is 9.00. The quantitative estimate of drug-likeness (QED) is 0.747. The number of para-hydroxylation sites is 1. The lowest BCUT2D eigenvalue weighted by atomic mass is 10.1. The van der Waals surface area contributed by atoms with Gasteiger partial charge in [-0.15, -0.1) is 0 Å². The number of rotatable bonds is 4. The van der Waals surface area contributed by atoms with Crippen LogP contribution in [-0.2, 0) is 4.74 Å². The fraction of sp³-hybridized carbons (Fsp3) is 0.286. The van der Waals surface area contributed by atoms with Crippen molar-refractivity contribution in [2.75, 3.05) is 30.4 Å². The van der Waals surface area contributed by atoms with Crippen LogP contribution in [0.25, 0.3) is 10.9 Å². The number of aromatic amines is 1. The minimum absolute atomic E-state index is 0.101. The monoisotopic (exact) mass is 349 g/mol. The Bertz CT molecular complexity index is 893. The molecule has 5 nitrogen and oxygen atoms in total. The number of benzene rings is 2. The molecule has 0 radical (unpaired) electrons. The lowest BCUT2D eigenvalue weighted by Crippen LogP contribution is -2.36. The van der Waals surface area contributed by atoms with Crippen molar-refractivity contribution in [3.8, 4) is 0 Å². The molecule has 2 heterocycles. The Morgan fingerprint density at radius 1 is 1.12 bits per heavy atom. The van der Waals surface area contributed by atoms with E-state index in [2.05, 4.69) is 27.3 Å². The third-order valence-corrected chi connectivity index (χ3v) is 5.10. The number of carbonyl (C=O) groups is 1. The van der Waals surface area contributed by atoms with Crippen molar-refractivity contribution in [1.82, 2.24) is 4.98 Å². The van der Waals surface area contributed by atoms with Gasteiger partial charge in [-0.1, -0.05) is 18.2 Å². The van der Waals surface area contributed by atoms with Crippen LogP contribution in [0.1, 0.15) is 23.2 Å². The van der Waals surface area contributed by atoms with E-state index in [1.807, 2.05) is 36.4 Å². The van der Waals surface area contributed by atoms with E-state index in [-0.39, 0.29) is 5.91 Å². The zero-order valence-corrected chi connectivity index (χ0v) is 14.9. The summed E-state index contributed by atoms with van der Waals surface area (Å²) in [5.74, 6) is -0.101. The third-order valence-electron chi connectivity index (χ3n) is 5.10. The Balaban J connectivity index is 1.43. The number of nitrogens with zero attached hydrogens (tertiary/aromatic N) is 1. The van der Waals surface area contributed by atoms with E-state index in [0.29, 0.717) is 11.7 Å². The molecule has 0 spiro atoms. The maximum absolute atomic E-state index is 12.6. The predicted octanol–water partition coefficient (Wildman–Crippen LogP) is 4.04. The molecular weight excluding hydrogens is 326 g/mol. The number of H-pyrrole nitrogens is 1. The summed E-state index contributed by atoms with van der Waals surface area (Å²) in [5, 5.41) is 3.92. The summed E-state index contributed by atoms with van der Waals surface area (Å²) in [5.41, 5.74) is 3.61. The van der Waals surface area contributed by atoms with Gasteiger partial charge in [0.1, 0.15) is 0 Å². The van der Waals surface area contributed by atoms with Gasteiger partial charge < -0.3 is 19.9 Å². The van der Waals surface area contributed by atoms with Crippen molar-refractivity contribution in [3.63, 3.8) is 0 Å². The molecule has 0 aliphatic carbocycles. The van der Waals surface area contributed by atoms with Crippen molar-refractivity contribution in [2.45, 2.75) is 18.9 Å². The summed E-state index contributed by atoms with van der Waals surface area (Å²) in [6.07, 6.45) is 4.24. The van der Waals surface area contributed by atoms with Crippen molar-refractivity contribution >= 4 is 28.2 Å². The number of piperidine rings is 1. The van der Waals surface area contributed by atoms with Gasteiger partial charge in [-0.25, -0.2) is 0 Å². The Morgan fingerprint density at radius 2 is 1.85 bits per heavy atom. The minimum Gasteiger partial charge on any atom is -0.381 e. The van der Waals surface area contributed by atoms with Gasteiger partial charge in [0.05, 0.1) is 11.7 Å². The van der Waals surface area contributed by atoms with Crippen molar-refractivity contribution in [3.05, 3.63) is 60.3 Å². The maximum Gasteiger partial charge on any atom is 0.257 e. The fourth-order valence-electron chi connectivity index (χ4n) is 3.56. The molecular formula is C21H23N3O2. The lowest BCUT2D eigenvalue weighted by Gasteiger charge is -2.33. The van der Waals surface area contributed by atoms with Crippen LogP contribution >= 0.6 is 0 Å². The van der Waals surface area contributed by atoms with Crippen molar-refractivity contribution < 1.29 is 9.53 Å². The second-order valence-electron chi connectivity index (χ2n) is 6.67. The molecule has 1 aliphatic heterocycles. The minimum atomic E-state index is -0.101. The maximum atomic E-state index is 12.6. The van der Waals surface area contributed by atoms with Crippen molar-refractivity contribution in [2.24, 2.45) is 0 Å². The molecule has 1 fully saturated rings. The van der Waals surface area contributed by atoms with Gasteiger partial charge in [0.25, 0.3) is 5.91 Å². The van der Waals surface area contributed by atoms with Crippen LogP contribution in [0.15, 0.2) is 54.7 Å². The molecule has 3 aromatic rings. The van der Waals surface area contributed by atoms with Crippen LogP contribution in [0.3, 0.4) is 0 Å². The highest BCUT2D eigenvalue weighted by atomic mass is 16.5. The smallest absolute Gasteiger partial charge is 0.257 e. The van der Waals surface area contributed by atoms with E-state index in [4.69, 9.17) is 4.74 Å². The van der Waals surface area contributed by atoms with E-state index in [0.717, 1.165) is 42.5 Å². The molecule has 1 aliphatic rings. The van der Waals surface area contributed by atoms with Gasteiger partial charge in [0, 0.05) is 48.7 Å². The molecule has 0 bridgehead atoms. The second-order valence-corrected chi connectivity index (χ2v) is 6.67. The Morgan fingerprint density at radius 3 is 2.58 bits per heavy atom. The number of hydrogen-bond acceptors (Lipinski definition) is 3. The molecule has 4 rings (SSSR count). The van der Waals surface area contributed by atoms with Crippen LogP contribution < -0.4 is 10.2 Å². The summed E-state index contributed by atoms with van der Waals surface area (Å²) in [4.78, 5) is 18.1. The molecule has 134 valence electrons. The number of ether oxygens (including phenoxy) is 1. The van der Waals surface area contributed by atoms with Crippen LogP contribution in [0.5, 0.6) is 0 Å². The number of nitrogens with one attached hydrogen (secondary N) is 2. The SMILES string of the molecule is COC1CCN(c2ccc(NC(=O)c3c[nH]c4ccccc34)cc2)CC1. The molecule has 5 heteroatoms. The normalized spacial score (nSPS) is 15.3. The highest BCUT2D eigenvalue weighted by Crippen LogP contribution is 2.24. The van der Waals surface area contributed by atoms with Crippen LogP contribution in [-0.4, -0.2) is 37.2 Å². The van der Waals surface area contributed by atoms with E-state index in [9.17, 15) is 4.79 Å². The van der Waals surface area contributed by atoms with E-state index >= 15 is 0 Å². The first-order valence-electron chi connectivity index (χ1n) is 9.00. The van der Waals surface area contributed by atoms with Gasteiger partial charge in [-0.3, -0.25) is 4.79 Å². The number of carbonyl (C=O) groups excluding carboxylic acids is 1. The molecule has 0 atom stereocenters. The highest BCUT2D eigenvalue weighted by Gasteiger charge is 2.19. The first-order chi connectivity index (χ1) is 12.7. The number of anilines is 2. The van der Waals surface area contributed by atoms with Gasteiger partial charge >= 0.3 is 0 Å². The van der Waals surface area contributed by atoms with Gasteiger partial charge in [0.15, 0.2) is 0 Å². The molecule has 26 heavy (non-hydrogen) atoms. The first kappa shape index (κ1) is 16.7. The number of methoxy groups -OCH3 is 1. The predicted molar refractivity (Wildman–Crippen MR) is 105 cm³/mol. The fourth-order valence-corrected chi connectivity index (χ4v) is 3.56. The van der Waals surface area contributed by atoms with E-state index < -0.39 is 0 Å². The number of hydrogen-bond donors (Lipinski definition) is 2. The molecule has 2 N–H and O–H groups in total. The van der Waals surface area contributed by atoms with Crippen molar-refractivity contribution in [1.29, 1.82) is 0 Å². The van der Waals surface area contributed by atoms with E-state index in [1.54, 1.807) is 13.3 Å². The number of fused-ring (bicyclic) bond motifs is 1. The standard InChI is InChI=1S/C21H23N3O2/c1-26-17-10-12-24(13-11-17)16-8-6-15(7-9-16)23-21(25)19-14-22-20-5-3-2-4-18(19)20/h2-9,14,17,22H,10-13H2,1H3,(H,23,25). The molecule has 2 aromatic carbocycles.